The number of esters is 1. The lowest BCUT2D eigenvalue weighted by Crippen LogP contribution is -2.27. The van der Waals surface area contributed by atoms with Crippen LogP contribution in [0.3, 0.4) is 0 Å². The Morgan fingerprint density at radius 3 is 2.43 bits per heavy atom. The molecule has 30 heavy (non-hydrogen) atoms. The number of nitrogens with zero attached hydrogens (tertiary/aromatic N) is 1. The summed E-state index contributed by atoms with van der Waals surface area (Å²) in [5, 5.41) is 0. The monoisotopic (exact) mass is 411 g/mol. The first kappa shape index (κ1) is 21.4. The van der Waals surface area contributed by atoms with E-state index in [2.05, 4.69) is 0 Å². The van der Waals surface area contributed by atoms with E-state index in [0.29, 0.717) is 22.7 Å². The maximum absolute atomic E-state index is 12.5. The number of methoxy groups -OCH3 is 2. The zero-order valence-corrected chi connectivity index (χ0v) is 17.3. The Morgan fingerprint density at radius 1 is 1.07 bits per heavy atom. The largest absolute Gasteiger partial charge is 0.497 e. The Balaban J connectivity index is 1.61. The van der Waals surface area contributed by atoms with Crippen LogP contribution in [-0.4, -0.2) is 45.0 Å². The van der Waals surface area contributed by atoms with Gasteiger partial charge in [0.25, 0.3) is 0 Å². The van der Waals surface area contributed by atoms with Crippen LogP contribution in [0.15, 0.2) is 42.5 Å². The van der Waals surface area contributed by atoms with Crippen molar-refractivity contribution in [1.82, 2.24) is 0 Å². The molecule has 0 N–H and O–H groups in total. The molecule has 1 aliphatic heterocycles. The van der Waals surface area contributed by atoms with Crippen LogP contribution in [0.2, 0.25) is 0 Å². The zero-order chi connectivity index (χ0) is 21.7. The molecule has 1 fully saturated rings. The van der Waals surface area contributed by atoms with Crippen LogP contribution in [0.5, 0.6) is 11.5 Å². The van der Waals surface area contributed by atoms with Crippen LogP contribution < -0.4 is 14.4 Å². The average molecular weight is 411 g/mol. The maximum atomic E-state index is 12.5. The predicted octanol–water partition coefficient (Wildman–Crippen LogP) is 3.05. The number of aryl methyl sites for hydroxylation is 1. The van der Waals surface area contributed by atoms with Gasteiger partial charge in [-0.3, -0.25) is 14.4 Å². The Bertz CT molecular complexity index is 937. The second-order valence-electron chi connectivity index (χ2n) is 7.02. The number of carbonyl (C=O) groups is 3. The number of carbonyl (C=O) groups excluding carboxylic acids is 3. The second-order valence-corrected chi connectivity index (χ2v) is 7.02. The Kier molecular flexibility index (Phi) is 6.72. The molecule has 158 valence electrons. The molecule has 0 aromatic heterocycles. The normalized spacial score (nSPS) is 15.8. The van der Waals surface area contributed by atoms with Crippen molar-refractivity contribution in [2.75, 3.05) is 32.3 Å². The van der Waals surface area contributed by atoms with Gasteiger partial charge in [0.1, 0.15) is 11.5 Å². The first-order chi connectivity index (χ1) is 14.5. The maximum Gasteiger partial charge on any atom is 0.311 e. The molecule has 0 bridgehead atoms. The topological polar surface area (TPSA) is 82.1 Å². The van der Waals surface area contributed by atoms with Gasteiger partial charge in [-0.15, -0.1) is 0 Å². The van der Waals surface area contributed by atoms with E-state index in [9.17, 15) is 14.4 Å². The highest BCUT2D eigenvalue weighted by Crippen LogP contribution is 2.36. The van der Waals surface area contributed by atoms with Gasteiger partial charge in [-0.05, 0) is 24.1 Å². The molecule has 7 heteroatoms. The van der Waals surface area contributed by atoms with Gasteiger partial charge in [-0.1, -0.05) is 31.2 Å². The minimum atomic E-state index is -0.639. The molecule has 7 nitrogen and oxygen atoms in total. The van der Waals surface area contributed by atoms with E-state index < -0.39 is 11.9 Å². The highest BCUT2D eigenvalue weighted by Gasteiger charge is 2.37. The minimum Gasteiger partial charge on any atom is -0.497 e. The molecular formula is C23H25NO6. The van der Waals surface area contributed by atoms with Gasteiger partial charge in [0.05, 0.1) is 25.8 Å². The van der Waals surface area contributed by atoms with Crippen LogP contribution >= 0.6 is 0 Å². The number of hydrogen-bond acceptors (Lipinski definition) is 6. The lowest BCUT2D eigenvalue weighted by molar-refractivity contribution is -0.147. The number of ketones is 1. The molecule has 0 saturated carbocycles. The van der Waals surface area contributed by atoms with Crippen molar-refractivity contribution >= 4 is 23.3 Å². The first-order valence-electron chi connectivity index (χ1n) is 9.78. The number of benzene rings is 2. The van der Waals surface area contributed by atoms with Crippen LogP contribution in [-0.2, 0) is 20.7 Å². The fraction of sp³-hybridized carbons (Fsp3) is 0.348. The third-order valence-electron chi connectivity index (χ3n) is 5.17. The van der Waals surface area contributed by atoms with Crippen LogP contribution in [0.25, 0.3) is 0 Å². The third kappa shape index (κ3) is 4.62. The van der Waals surface area contributed by atoms with E-state index in [4.69, 9.17) is 14.2 Å². The molecule has 0 aliphatic carbocycles. The molecule has 3 rings (SSSR count). The molecular weight excluding hydrogens is 386 g/mol. The SMILES string of the molecule is CCc1ccc(C(=O)COC(=O)[C@H]2CC(=O)N(c3ccc(OC)cc3OC)C2)cc1. The number of hydrogen-bond donors (Lipinski definition) is 0. The average Bonchev–Trinajstić information content (AvgIpc) is 3.18. The lowest BCUT2D eigenvalue weighted by Gasteiger charge is -2.20. The Morgan fingerprint density at radius 2 is 1.80 bits per heavy atom. The number of amides is 1. The molecule has 1 saturated heterocycles. The third-order valence-corrected chi connectivity index (χ3v) is 5.17. The van der Waals surface area contributed by atoms with E-state index in [1.54, 1.807) is 37.4 Å². The quantitative estimate of drug-likeness (QED) is 0.491. The van der Waals surface area contributed by atoms with Gasteiger partial charge in [0.2, 0.25) is 5.91 Å². The molecule has 2 aromatic rings. The number of anilines is 1. The van der Waals surface area contributed by atoms with Crippen molar-refractivity contribution in [2.24, 2.45) is 5.92 Å². The van der Waals surface area contributed by atoms with Crippen molar-refractivity contribution in [3.8, 4) is 11.5 Å². The van der Waals surface area contributed by atoms with E-state index in [0.717, 1.165) is 12.0 Å². The van der Waals surface area contributed by atoms with E-state index >= 15 is 0 Å². The summed E-state index contributed by atoms with van der Waals surface area (Å²) in [6, 6.07) is 12.3. The van der Waals surface area contributed by atoms with Crippen molar-refractivity contribution in [3.63, 3.8) is 0 Å². The number of rotatable bonds is 8. The molecule has 0 radical (unpaired) electrons. The van der Waals surface area contributed by atoms with E-state index in [1.165, 1.54) is 12.0 Å². The van der Waals surface area contributed by atoms with Crippen molar-refractivity contribution in [3.05, 3.63) is 53.6 Å². The molecule has 0 spiro atoms. The van der Waals surface area contributed by atoms with Crippen LogP contribution in [0, 0.1) is 5.92 Å². The molecule has 0 unspecified atom stereocenters. The number of Topliss-reactive ketones (excluding diaryl/α,β-unsaturated/α-hetero) is 1. The summed E-state index contributed by atoms with van der Waals surface area (Å²) in [5.74, 6) is -0.603. The van der Waals surface area contributed by atoms with Gasteiger partial charge in [-0.25, -0.2) is 0 Å². The van der Waals surface area contributed by atoms with E-state index in [-0.39, 0.29) is 31.3 Å². The Labute approximate surface area is 175 Å². The summed E-state index contributed by atoms with van der Waals surface area (Å²) in [4.78, 5) is 38.7. The van der Waals surface area contributed by atoms with Gasteiger partial charge < -0.3 is 19.1 Å². The molecule has 1 aliphatic rings. The zero-order valence-electron chi connectivity index (χ0n) is 17.3. The number of ether oxygens (including phenoxy) is 3. The molecule has 1 amide bonds. The van der Waals surface area contributed by atoms with Gasteiger partial charge in [0.15, 0.2) is 12.4 Å². The fourth-order valence-corrected chi connectivity index (χ4v) is 3.37. The summed E-state index contributed by atoms with van der Waals surface area (Å²) in [6.45, 7) is 1.85. The highest BCUT2D eigenvalue weighted by molar-refractivity contribution is 6.01. The molecule has 2 aromatic carbocycles. The lowest BCUT2D eigenvalue weighted by atomic mass is 10.1. The van der Waals surface area contributed by atoms with Crippen LogP contribution in [0.1, 0.15) is 29.3 Å². The predicted molar refractivity (Wildman–Crippen MR) is 111 cm³/mol. The van der Waals surface area contributed by atoms with Gasteiger partial charge in [-0.2, -0.15) is 0 Å². The fourth-order valence-electron chi connectivity index (χ4n) is 3.37. The smallest absolute Gasteiger partial charge is 0.311 e. The molecule has 1 heterocycles. The van der Waals surface area contributed by atoms with Gasteiger partial charge >= 0.3 is 5.97 Å². The second kappa shape index (κ2) is 9.43. The summed E-state index contributed by atoms with van der Waals surface area (Å²) < 4.78 is 15.7. The van der Waals surface area contributed by atoms with Crippen molar-refractivity contribution < 1.29 is 28.6 Å². The summed E-state index contributed by atoms with van der Waals surface area (Å²) >= 11 is 0. The summed E-state index contributed by atoms with van der Waals surface area (Å²) in [5.41, 5.74) is 2.18. The van der Waals surface area contributed by atoms with E-state index in [1.807, 2.05) is 19.1 Å². The Hall–Kier alpha value is -3.35. The molecule has 1 atom stereocenters. The van der Waals surface area contributed by atoms with Crippen molar-refractivity contribution in [2.45, 2.75) is 19.8 Å². The minimum absolute atomic E-state index is 0.0212. The van der Waals surface area contributed by atoms with Crippen molar-refractivity contribution in [1.29, 1.82) is 0 Å². The highest BCUT2D eigenvalue weighted by atomic mass is 16.5. The summed E-state index contributed by atoms with van der Waals surface area (Å²) in [6.07, 6.45) is 0.905. The van der Waals surface area contributed by atoms with Gasteiger partial charge in [0, 0.05) is 24.6 Å². The first-order valence-corrected chi connectivity index (χ1v) is 9.78. The standard InChI is InChI=1S/C23H25NO6/c1-4-15-5-7-16(8-6-15)20(25)14-30-23(27)17-11-22(26)24(13-17)19-10-9-18(28-2)12-21(19)29-3/h5-10,12,17H,4,11,13-14H2,1-3H3/t17-/m0/s1. The van der Waals surface area contributed by atoms with Crippen LogP contribution in [0.4, 0.5) is 5.69 Å². The summed E-state index contributed by atoms with van der Waals surface area (Å²) in [7, 11) is 3.05.